The van der Waals surface area contributed by atoms with E-state index in [1.54, 1.807) is 0 Å². The Morgan fingerprint density at radius 1 is 1.33 bits per heavy atom. The first-order chi connectivity index (χ1) is 7.90. The van der Waals surface area contributed by atoms with Gasteiger partial charge in [-0.2, -0.15) is 0 Å². The minimum Gasteiger partial charge on any atom is -0.324 e. The summed E-state index contributed by atoms with van der Waals surface area (Å²) in [6, 6.07) is 7.40. The number of nitrogens with zero attached hydrogens (tertiary/aromatic N) is 1. The molecule has 0 amide bonds. The number of hydrogen-bond donors (Lipinski definition) is 1. The van der Waals surface area contributed by atoms with E-state index < -0.39 is 10.0 Å². The predicted molar refractivity (Wildman–Crippen MR) is 76.6 cm³/mol. The molecular weight excluding hydrogens is 272 g/mol. The van der Waals surface area contributed by atoms with Gasteiger partial charge in [0.05, 0.1) is 11.4 Å². The van der Waals surface area contributed by atoms with Gasteiger partial charge in [0.2, 0.25) is 10.0 Å². The molecule has 1 aliphatic heterocycles. The van der Waals surface area contributed by atoms with Crippen LogP contribution in [-0.2, 0) is 10.0 Å². The quantitative estimate of drug-likeness (QED) is 0.905. The van der Waals surface area contributed by atoms with E-state index in [4.69, 9.17) is 5.73 Å². The molecule has 1 aliphatic rings. The maximum Gasteiger partial charge on any atom is 0.235 e. The molecule has 18 heavy (non-hydrogen) atoms. The molecule has 2 N–H and O–H groups in total. The van der Waals surface area contributed by atoms with Crippen LogP contribution in [0, 0.1) is 5.92 Å². The summed E-state index contributed by atoms with van der Waals surface area (Å²) >= 11 is 0. The normalized spacial score (nSPS) is 23.5. The molecule has 0 aromatic heterocycles. The summed E-state index contributed by atoms with van der Waals surface area (Å²) in [5.74, 6) is 0.426. The largest absolute Gasteiger partial charge is 0.324 e. The first-order valence-electron chi connectivity index (χ1n) is 5.76. The number of nitrogens with two attached hydrogens (primary N) is 1. The summed E-state index contributed by atoms with van der Waals surface area (Å²) in [7, 11) is -3.12. The molecule has 1 heterocycles. The predicted octanol–water partition coefficient (Wildman–Crippen LogP) is 1.91. The van der Waals surface area contributed by atoms with Gasteiger partial charge in [-0.05, 0) is 30.5 Å². The average molecular weight is 291 g/mol. The lowest BCUT2D eigenvalue weighted by atomic mass is 10.1. The molecule has 0 spiro atoms. The summed E-state index contributed by atoms with van der Waals surface area (Å²) in [5, 5.41) is 0. The number of hydrogen-bond acceptors (Lipinski definition) is 3. The summed E-state index contributed by atoms with van der Waals surface area (Å²) in [6.07, 6.45) is 0. The van der Waals surface area contributed by atoms with E-state index >= 15 is 0 Å². The van der Waals surface area contributed by atoms with Crippen molar-refractivity contribution in [1.82, 2.24) is 0 Å². The molecule has 0 bridgehead atoms. The molecular formula is C12H19ClN2O2S. The molecule has 0 aliphatic carbocycles. The number of rotatable bonds is 2. The molecule has 1 fully saturated rings. The molecule has 2 unspecified atom stereocenters. The van der Waals surface area contributed by atoms with Crippen LogP contribution in [0.5, 0.6) is 0 Å². The second kappa shape index (κ2) is 5.47. The van der Waals surface area contributed by atoms with Crippen molar-refractivity contribution in [3.05, 3.63) is 29.8 Å². The van der Waals surface area contributed by atoms with Crippen molar-refractivity contribution in [1.29, 1.82) is 0 Å². The lowest BCUT2D eigenvalue weighted by Gasteiger charge is -2.17. The van der Waals surface area contributed by atoms with Crippen molar-refractivity contribution < 1.29 is 8.42 Å². The molecule has 2 rings (SSSR count). The van der Waals surface area contributed by atoms with Crippen LogP contribution in [0.1, 0.15) is 25.5 Å². The Hall–Kier alpha value is -0.780. The number of halogens is 1. The summed E-state index contributed by atoms with van der Waals surface area (Å²) < 4.78 is 25.3. The van der Waals surface area contributed by atoms with E-state index in [1.807, 2.05) is 38.1 Å². The highest BCUT2D eigenvalue weighted by atomic mass is 35.5. The third-order valence-corrected chi connectivity index (χ3v) is 5.04. The molecule has 4 nitrogen and oxygen atoms in total. The Balaban J connectivity index is 0.00000162. The highest BCUT2D eigenvalue weighted by Crippen LogP contribution is 2.27. The van der Waals surface area contributed by atoms with Crippen LogP contribution in [0.3, 0.4) is 0 Å². The Labute approximate surface area is 115 Å². The standard InChI is InChI=1S/C12H18N2O2S.ClH/c1-9-7-14(17(15,16)8-9)12-5-3-11(4-6-12)10(2)13;/h3-6,9-10H,7-8,13H2,1-2H3;1H. The van der Waals surface area contributed by atoms with E-state index in [-0.39, 0.29) is 30.1 Å². The van der Waals surface area contributed by atoms with Crippen LogP contribution in [0.2, 0.25) is 0 Å². The Kier molecular flexibility index (Phi) is 4.64. The van der Waals surface area contributed by atoms with Crippen LogP contribution < -0.4 is 10.0 Å². The van der Waals surface area contributed by atoms with Crippen molar-refractivity contribution in [2.24, 2.45) is 11.7 Å². The van der Waals surface area contributed by atoms with Gasteiger partial charge in [0.1, 0.15) is 0 Å². The van der Waals surface area contributed by atoms with Gasteiger partial charge in [-0.25, -0.2) is 8.42 Å². The van der Waals surface area contributed by atoms with Crippen LogP contribution >= 0.6 is 12.4 Å². The van der Waals surface area contributed by atoms with E-state index in [0.717, 1.165) is 11.3 Å². The maximum atomic E-state index is 11.9. The minimum atomic E-state index is -3.12. The van der Waals surface area contributed by atoms with E-state index in [1.165, 1.54) is 4.31 Å². The minimum absolute atomic E-state index is 0. The highest BCUT2D eigenvalue weighted by molar-refractivity contribution is 7.93. The lowest BCUT2D eigenvalue weighted by Crippen LogP contribution is -2.25. The van der Waals surface area contributed by atoms with Gasteiger partial charge in [-0.1, -0.05) is 19.1 Å². The zero-order chi connectivity index (χ0) is 12.6. The molecule has 0 radical (unpaired) electrons. The third kappa shape index (κ3) is 2.96. The van der Waals surface area contributed by atoms with Crippen molar-refractivity contribution in [2.75, 3.05) is 16.6 Å². The smallest absolute Gasteiger partial charge is 0.235 e. The van der Waals surface area contributed by atoms with E-state index in [2.05, 4.69) is 0 Å². The summed E-state index contributed by atoms with van der Waals surface area (Å²) in [6.45, 7) is 4.43. The second-order valence-corrected chi connectivity index (χ2v) is 6.73. The fraction of sp³-hybridized carbons (Fsp3) is 0.500. The van der Waals surface area contributed by atoms with Crippen molar-refractivity contribution >= 4 is 28.1 Å². The monoisotopic (exact) mass is 290 g/mol. The molecule has 1 aromatic carbocycles. The van der Waals surface area contributed by atoms with Gasteiger partial charge in [-0.3, -0.25) is 4.31 Å². The third-order valence-electron chi connectivity index (χ3n) is 3.02. The number of benzene rings is 1. The summed E-state index contributed by atoms with van der Waals surface area (Å²) in [4.78, 5) is 0. The molecule has 1 aromatic rings. The van der Waals surface area contributed by atoms with Gasteiger partial charge >= 0.3 is 0 Å². The van der Waals surface area contributed by atoms with Crippen molar-refractivity contribution in [3.63, 3.8) is 0 Å². The molecule has 0 saturated carbocycles. The molecule has 2 atom stereocenters. The van der Waals surface area contributed by atoms with E-state index in [9.17, 15) is 8.42 Å². The topological polar surface area (TPSA) is 63.4 Å². The summed E-state index contributed by atoms with van der Waals surface area (Å²) in [5.41, 5.74) is 7.51. The molecule has 6 heteroatoms. The average Bonchev–Trinajstić information content (AvgIpc) is 2.52. The zero-order valence-electron chi connectivity index (χ0n) is 10.5. The SMILES string of the molecule is CC1CN(c2ccc(C(C)N)cc2)S(=O)(=O)C1.Cl. The first kappa shape index (κ1) is 15.3. The number of sulfonamides is 1. The number of anilines is 1. The highest BCUT2D eigenvalue weighted by Gasteiger charge is 2.33. The van der Waals surface area contributed by atoms with Crippen LogP contribution in [0.15, 0.2) is 24.3 Å². The zero-order valence-corrected chi connectivity index (χ0v) is 12.2. The fourth-order valence-electron chi connectivity index (χ4n) is 2.11. The lowest BCUT2D eigenvalue weighted by molar-refractivity contribution is 0.598. The van der Waals surface area contributed by atoms with Crippen LogP contribution in [-0.4, -0.2) is 20.7 Å². The molecule has 1 saturated heterocycles. The maximum absolute atomic E-state index is 11.9. The van der Waals surface area contributed by atoms with Crippen LogP contribution in [0.25, 0.3) is 0 Å². The van der Waals surface area contributed by atoms with Gasteiger partial charge in [0, 0.05) is 12.6 Å². The van der Waals surface area contributed by atoms with Gasteiger partial charge < -0.3 is 5.73 Å². The van der Waals surface area contributed by atoms with Crippen molar-refractivity contribution in [3.8, 4) is 0 Å². The van der Waals surface area contributed by atoms with Crippen LogP contribution in [0.4, 0.5) is 5.69 Å². The van der Waals surface area contributed by atoms with E-state index in [0.29, 0.717) is 6.54 Å². The van der Waals surface area contributed by atoms with Gasteiger partial charge in [0.25, 0.3) is 0 Å². The van der Waals surface area contributed by atoms with Gasteiger partial charge in [-0.15, -0.1) is 12.4 Å². The Morgan fingerprint density at radius 3 is 2.28 bits per heavy atom. The molecule has 102 valence electrons. The fourth-order valence-corrected chi connectivity index (χ4v) is 4.04. The second-order valence-electron chi connectivity index (χ2n) is 4.80. The first-order valence-corrected chi connectivity index (χ1v) is 7.37. The van der Waals surface area contributed by atoms with Gasteiger partial charge in [0.15, 0.2) is 0 Å². The van der Waals surface area contributed by atoms with Crippen molar-refractivity contribution in [2.45, 2.75) is 19.9 Å². The Morgan fingerprint density at radius 2 is 1.89 bits per heavy atom. The Bertz CT molecular complexity index is 499.